The topological polar surface area (TPSA) is 40.0 Å². The Balaban J connectivity index is 2.03. The van der Waals surface area contributed by atoms with Crippen molar-refractivity contribution in [2.75, 3.05) is 20.1 Å². The van der Waals surface area contributed by atoms with Crippen molar-refractivity contribution in [3.05, 3.63) is 35.4 Å². The van der Waals surface area contributed by atoms with Crippen LogP contribution >= 0.6 is 0 Å². The number of aliphatic imine (C=N–C) groups is 1. The predicted molar refractivity (Wildman–Crippen MR) is 80.8 cm³/mol. The molecule has 0 bridgehead atoms. The van der Waals surface area contributed by atoms with E-state index in [1.807, 2.05) is 13.3 Å². The average Bonchev–Trinajstić information content (AvgIpc) is 2.89. The standard InChI is InChI=1S/C15H22N4/c1-15(2,3)13-7-5-12(6-8-13)11-18-19(4)14-16-9-10-17-14/h5-8,11H,9-10H2,1-4H3,(H,16,17)/b18-11-. The number of hydrogen-bond donors (Lipinski definition) is 1. The largest absolute Gasteiger partial charge is 0.353 e. The maximum atomic E-state index is 4.38. The van der Waals surface area contributed by atoms with Gasteiger partial charge in [-0.2, -0.15) is 5.10 Å². The summed E-state index contributed by atoms with van der Waals surface area (Å²) in [5.41, 5.74) is 2.62. The minimum Gasteiger partial charge on any atom is -0.353 e. The number of guanidine groups is 1. The van der Waals surface area contributed by atoms with Gasteiger partial charge in [-0.15, -0.1) is 0 Å². The van der Waals surface area contributed by atoms with Gasteiger partial charge in [0.05, 0.1) is 12.8 Å². The van der Waals surface area contributed by atoms with Gasteiger partial charge in [0.1, 0.15) is 0 Å². The van der Waals surface area contributed by atoms with E-state index >= 15 is 0 Å². The van der Waals surface area contributed by atoms with Crippen molar-refractivity contribution in [3.8, 4) is 0 Å². The first kappa shape index (κ1) is 13.6. The first-order valence-electron chi connectivity index (χ1n) is 6.63. The number of nitrogens with zero attached hydrogens (tertiary/aromatic N) is 3. The van der Waals surface area contributed by atoms with Crippen LogP contribution in [0, 0.1) is 0 Å². The van der Waals surface area contributed by atoms with Crippen molar-refractivity contribution in [3.63, 3.8) is 0 Å². The monoisotopic (exact) mass is 258 g/mol. The van der Waals surface area contributed by atoms with Gasteiger partial charge in [-0.3, -0.25) is 0 Å². The smallest absolute Gasteiger partial charge is 0.214 e. The molecule has 1 aromatic carbocycles. The second kappa shape index (κ2) is 5.43. The maximum absolute atomic E-state index is 4.38. The molecule has 0 fully saturated rings. The Morgan fingerprint density at radius 2 is 1.95 bits per heavy atom. The molecule has 1 aliphatic heterocycles. The number of hydrogen-bond acceptors (Lipinski definition) is 4. The van der Waals surface area contributed by atoms with E-state index in [1.54, 1.807) is 5.01 Å². The number of benzene rings is 1. The van der Waals surface area contributed by atoms with Gasteiger partial charge >= 0.3 is 0 Å². The normalized spacial score (nSPS) is 15.5. The van der Waals surface area contributed by atoms with Crippen LogP contribution in [0.15, 0.2) is 34.4 Å². The molecule has 0 spiro atoms. The summed E-state index contributed by atoms with van der Waals surface area (Å²) in [5.74, 6) is 0.836. The number of nitrogens with one attached hydrogen (secondary N) is 1. The molecule has 0 aromatic heterocycles. The molecule has 1 heterocycles. The molecule has 1 aliphatic rings. The highest BCUT2D eigenvalue weighted by molar-refractivity contribution is 5.84. The lowest BCUT2D eigenvalue weighted by atomic mass is 9.87. The Hall–Kier alpha value is -1.84. The van der Waals surface area contributed by atoms with Crippen LogP contribution < -0.4 is 5.32 Å². The van der Waals surface area contributed by atoms with Gasteiger partial charge in [-0.05, 0) is 16.5 Å². The lowest BCUT2D eigenvalue weighted by Crippen LogP contribution is -2.32. The molecule has 0 aliphatic carbocycles. The molecule has 0 unspecified atom stereocenters. The molecule has 0 amide bonds. The lowest BCUT2D eigenvalue weighted by Gasteiger charge is -2.18. The van der Waals surface area contributed by atoms with E-state index in [0.717, 1.165) is 24.6 Å². The predicted octanol–water partition coefficient (Wildman–Crippen LogP) is 2.21. The molecule has 0 saturated heterocycles. The zero-order valence-electron chi connectivity index (χ0n) is 12.1. The molecule has 19 heavy (non-hydrogen) atoms. The van der Waals surface area contributed by atoms with Crippen LogP contribution in [0.3, 0.4) is 0 Å². The fourth-order valence-corrected chi connectivity index (χ4v) is 1.88. The molecule has 1 aromatic rings. The van der Waals surface area contributed by atoms with Gasteiger partial charge in [-0.25, -0.2) is 10.0 Å². The fraction of sp³-hybridized carbons (Fsp3) is 0.467. The van der Waals surface area contributed by atoms with Crippen LogP contribution in [0.25, 0.3) is 0 Å². The maximum Gasteiger partial charge on any atom is 0.214 e. The Bertz CT molecular complexity index is 480. The highest BCUT2D eigenvalue weighted by Crippen LogP contribution is 2.21. The molecule has 4 heteroatoms. The Morgan fingerprint density at radius 1 is 1.26 bits per heavy atom. The van der Waals surface area contributed by atoms with E-state index in [2.05, 4.69) is 60.4 Å². The van der Waals surface area contributed by atoms with Crippen molar-refractivity contribution in [1.82, 2.24) is 10.3 Å². The van der Waals surface area contributed by atoms with Crippen molar-refractivity contribution in [1.29, 1.82) is 0 Å². The van der Waals surface area contributed by atoms with Crippen LogP contribution in [0.5, 0.6) is 0 Å². The van der Waals surface area contributed by atoms with E-state index in [1.165, 1.54) is 5.56 Å². The molecular formula is C15H22N4. The van der Waals surface area contributed by atoms with E-state index in [4.69, 9.17) is 0 Å². The van der Waals surface area contributed by atoms with Gasteiger partial charge in [-0.1, -0.05) is 45.0 Å². The number of rotatable bonds is 2. The van der Waals surface area contributed by atoms with Crippen LogP contribution in [0.2, 0.25) is 0 Å². The van der Waals surface area contributed by atoms with Gasteiger partial charge in [0.2, 0.25) is 5.96 Å². The average molecular weight is 258 g/mol. The zero-order valence-corrected chi connectivity index (χ0v) is 12.1. The molecule has 4 nitrogen and oxygen atoms in total. The highest BCUT2D eigenvalue weighted by atomic mass is 15.5. The Kier molecular flexibility index (Phi) is 3.88. The third-order valence-corrected chi connectivity index (χ3v) is 3.12. The summed E-state index contributed by atoms with van der Waals surface area (Å²) in [7, 11) is 1.90. The van der Waals surface area contributed by atoms with E-state index < -0.39 is 0 Å². The highest BCUT2D eigenvalue weighted by Gasteiger charge is 2.12. The van der Waals surface area contributed by atoms with Crippen molar-refractivity contribution in [2.45, 2.75) is 26.2 Å². The molecule has 1 N–H and O–H groups in total. The van der Waals surface area contributed by atoms with Crippen molar-refractivity contribution in [2.24, 2.45) is 10.1 Å². The summed E-state index contributed by atoms with van der Waals surface area (Å²) in [6.07, 6.45) is 1.86. The molecular weight excluding hydrogens is 236 g/mol. The van der Waals surface area contributed by atoms with Crippen molar-refractivity contribution >= 4 is 12.2 Å². The molecule has 0 atom stereocenters. The second-order valence-electron chi connectivity index (χ2n) is 5.77. The molecule has 102 valence electrons. The van der Waals surface area contributed by atoms with Crippen LogP contribution in [-0.4, -0.2) is 37.3 Å². The minimum absolute atomic E-state index is 0.189. The fourth-order valence-electron chi connectivity index (χ4n) is 1.88. The van der Waals surface area contributed by atoms with E-state index in [0.29, 0.717) is 0 Å². The van der Waals surface area contributed by atoms with Crippen LogP contribution in [0.4, 0.5) is 0 Å². The molecule has 0 radical (unpaired) electrons. The van der Waals surface area contributed by atoms with Gasteiger partial charge in [0, 0.05) is 13.6 Å². The minimum atomic E-state index is 0.189. The summed E-state index contributed by atoms with van der Waals surface area (Å²) in [6, 6.07) is 8.52. The van der Waals surface area contributed by atoms with Gasteiger partial charge in [0.25, 0.3) is 0 Å². The van der Waals surface area contributed by atoms with E-state index in [9.17, 15) is 0 Å². The van der Waals surface area contributed by atoms with Gasteiger partial charge in [0.15, 0.2) is 0 Å². The van der Waals surface area contributed by atoms with Crippen molar-refractivity contribution < 1.29 is 0 Å². The summed E-state index contributed by atoms with van der Waals surface area (Å²) in [4.78, 5) is 4.31. The Morgan fingerprint density at radius 3 is 2.47 bits per heavy atom. The summed E-state index contributed by atoms with van der Waals surface area (Å²) < 4.78 is 0. The summed E-state index contributed by atoms with van der Waals surface area (Å²) >= 11 is 0. The summed E-state index contributed by atoms with van der Waals surface area (Å²) in [5, 5.41) is 9.34. The van der Waals surface area contributed by atoms with E-state index in [-0.39, 0.29) is 5.41 Å². The first-order chi connectivity index (χ1) is 8.97. The zero-order chi connectivity index (χ0) is 13.9. The van der Waals surface area contributed by atoms with Crippen LogP contribution in [0.1, 0.15) is 31.9 Å². The number of hydrazone groups is 1. The second-order valence-corrected chi connectivity index (χ2v) is 5.77. The van der Waals surface area contributed by atoms with Crippen LogP contribution in [-0.2, 0) is 5.41 Å². The third kappa shape index (κ3) is 3.56. The van der Waals surface area contributed by atoms with Gasteiger partial charge < -0.3 is 5.32 Å². The first-order valence-corrected chi connectivity index (χ1v) is 6.63. The Labute approximate surface area is 115 Å². The molecule has 0 saturated carbocycles. The third-order valence-electron chi connectivity index (χ3n) is 3.12. The lowest BCUT2D eigenvalue weighted by molar-refractivity contribution is 0.530. The SMILES string of the molecule is CN(/N=C\c1ccc(C(C)(C)C)cc1)C1=NCCN1. The quantitative estimate of drug-likeness (QED) is 0.652. The molecule has 2 rings (SSSR count). The summed E-state index contributed by atoms with van der Waals surface area (Å²) in [6.45, 7) is 8.38.